The molecule has 5 nitrogen and oxygen atoms in total. The van der Waals surface area contributed by atoms with Gasteiger partial charge in [-0.2, -0.15) is 0 Å². The van der Waals surface area contributed by atoms with Crippen molar-refractivity contribution < 1.29 is 14.3 Å². The minimum Gasteiger partial charge on any atom is -0.494 e. The average Bonchev–Trinajstić information content (AvgIpc) is 3.43. The lowest BCUT2D eigenvalue weighted by Crippen LogP contribution is -2.30. The summed E-state index contributed by atoms with van der Waals surface area (Å²) in [4.78, 5) is 32.1. The van der Waals surface area contributed by atoms with Gasteiger partial charge in [0.05, 0.1) is 22.9 Å². The molecule has 6 heteroatoms. The first-order chi connectivity index (χ1) is 14.7. The molecule has 0 bridgehead atoms. The first kappa shape index (κ1) is 20.5. The maximum absolute atomic E-state index is 12.9. The van der Waals surface area contributed by atoms with Gasteiger partial charge in [-0.15, -0.1) is 11.3 Å². The van der Waals surface area contributed by atoms with Crippen LogP contribution in [-0.4, -0.2) is 34.7 Å². The Kier molecular flexibility index (Phi) is 6.43. The van der Waals surface area contributed by atoms with E-state index in [0.29, 0.717) is 12.2 Å². The van der Waals surface area contributed by atoms with Gasteiger partial charge in [0.25, 0.3) is 0 Å². The summed E-state index contributed by atoms with van der Waals surface area (Å²) in [5.41, 5.74) is 1.61. The lowest BCUT2D eigenvalue weighted by Gasteiger charge is -2.23. The van der Waals surface area contributed by atoms with Crippen LogP contribution in [0.25, 0.3) is 10.2 Å². The Balaban J connectivity index is 1.36. The Morgan fingerprint density at radius 2 is 1.93 bits per heavy atom. The molecule has 2 heterocycles. The molecule has 1 unspecified atom stereocenters. The molecule has 0 spiro atoms. The molecule has 0 radical (unpaired) electrons. The summed E-state index contributed by atoms with van der Waals surface area (Å²) in [6, 6.07) is 15.3. The Morgan fingerprint density at radius 3 is 2.70 bits per heavy atom. The third-order valence-electron chi connectivity index (χ3n) is 5.38. The molecule has 2 aromatic carbocycles. The Morgan fingerprint density at radius 1 is 1.13 bits per heavy atom. The van der Waals surface area contributed by atoms with Crippen LogP contribution in [0.15, 0.2) is 48.5 Å². The zero-order valence-electron chi connectivity index (χ0n) is 17.2. The molecular formula is C24H26N2O3S. The number of hydrogen-bond donors (Lipinski definition) is 0. The standard InChI is InChI=1S/C24H26N2O3S/c1-2-16-29-18-11-9-17(10-12-18)21(27)13-14-23(28)26-15-5-7-20(26)24-25-19-6-3-4-8-22(19)30-24/h3-4,6,8-12,20H,2,5,7,13-16H2,1H3. The first-order valence-electron chi connectivity index (χ1n) is 10.6. The second-order valence-electron chi connectivity index (χ2n) is 7.56. The quantitative estimate of drug-likeness (QED) is 0.455. The predicted molar refractivity (Wildman–Crippen MR) is 119 cm³/mol. The third-order valence-corrected chi connectivity index (χ3v) is 6.52. The van der Waals surface area contributed by atoms with Crippen molar-refractivity contribution in [1.82, 2.24) is 9.88 Å². The fourth-order valence-corrected chi connectivity index (χ4v) is 4.94. The van der Waals surface area contributed by atoms with Crippen LogP contribution < -0.4 is 4.74 Å². The second-order valence-corrected chi connectivity index (χ2v) is 8.62. The van der Waals surface area contributed by atoms with Crippen molar-refractivity contribution in [3.8, 4) is 5.75 Å². The van der Waals surface area contributed by atoms with Gasteiger partial charge in [0.15, 0.2) is 5.78 Å². The summed E-state index contributed by atoms with van der Waals surface area (Å²) < 4.78 is 6.70. The second kappa shape index (κ2) is 9.39. The van der Waals surface area contributed by atoms with Crippen LogP contribution in [0.5, 0.6) is 5.75 Å². The summed E-state index contributed by atoms with van der Waals surface area (Å²) >= 11 is 1.66. The molecule has 1 fully saturated rings. The zero-order valence-corrected chi connectivity index (χ0v) is 18.0. The van der Waals surface area contributed by atoms with Crippen LogP contribution in [0.3, 0.4) is 0 Å². The number of fused-ring (bicyclic) bond motifs is 1. The average molecular weight is 423 g/mol. The molecule has 1 aromatic heterocycles. The number of para-hydroxylation sites is 1. The number of hydrogen-bond acceptors (Lipinski definition) is 5. The van der Waals surface area contributed by atoms with Gasteiger partial charge < -0.3 is 9.64 Å². The van der Waals surface area contributed by atoms with Crippen LogP contribution in [0, 0.1) is 0 Å². The minimum atomic E-state index is -0.0128. The van der Waals surface area contributed by atoms with Crippen molar-refractivity contribution in [2.24, 2.45) is 0 Å². The van der Waals surface area contributed by atoms with E-state index in [0.717, 1.165) is 46.8 Å². The summed E-state index contributed by atoms with van der Waals surface area (Å²) in [5.74, 6) is 0.786. The third kappa shape index (κ3) is 4.54. The Hall–Kier alpha value is -2.73. The lowest BCUT2D eigenvalue weighted by atomic mass is 10.1. The smallest absolute Gasteiger partial charge is 0.223 e. The van der Waals surface area contributed by atoms with Crippen molar-refractivity contribution in [3.63, 3.8) is 0 Å². The van der Waals surface area contributed by atoms with Crippen LogP contribution >= 0.6 is 11.3 Å². The number of rotatable bonds is 8. The number of Topliss-reactive ketones (excluding diaryl/α,β-unsaturated/α-hetero) is 1. The van der Waals surface area contributed by atoms with Gasteiger partial charge in [0.1, 0.15) is 10.8 Å². The summed E-state index contributed by atoms with van der Waals surface area (Å²) in [7, 11) is 0. The van der Waals surface area contributed by atoms with Crippen molar-refractivity contribution in [3.05, 3.63) is 59.1 Å². The summed E-state index contributed by atoms with van der Waals surface area (Å²) in [5, 5.41) is 0.996. The van der Waals surface area contributed by atoms with Crippen molar-refractivity contribution in [2.75, 3.05) is 13.2 Å². The highest BCUT2D eigenvalue weighted by molar-refractivity contribution is 7.18. The Labute approximate surface area is 180 Å². The maximum atomic E-state index is 12.9. The van der Waals surface area contributed by atoms with Crippen molar-refractivity contribution in [2.45, 2.75) is 45.1 Å². The maximum Gasteiger partial charge on any atom is 0.223 e. The van der Waals surface area contributed by atoms with E-state index in [1.807, 2.05) is 35.2 Å². The number of amides is 1. The minimum absolute atomic E-state index is 0.0128. The monoisotopic (exact) mass is 422 g/mol. The zero-order chi connectivity index (χ0) is 20.9. The largest absolute Gasteiger partial charge is 0.494 e. The molecule has 3 aromatic rings. The summed E-state index contributed by atoms with van der Waals surface area (Å²) in [6.45, 7) is 3.45. The first-order valence-corrected chi connectivity index (χ1v) is 11.4. The molecule has 4 rings (SSSR count). The fraction of sp³-hybridized carbons (Fsp3) is 0.375. The van der Waals surface area contributed by atoms with E-state index in [1.165, 1.54) is 0 Å². The van der Waals surface area contributed by atoms with Crippen molar-refractivity contribution in [1.29, 1.82) is 0 Å². The number of benzene rings is 2. The molecule has 156 valence electrons. The molecule has 30 heavy (non-hydrogen) atoms. The number of thiazole rings is 1. The van der Waals surface area contributed by atoms with Gasteiger partial charge in [0.2, 0.25) is 5.91 Å². The number of ether oxygens (including phenoxy) is 1. The molecule has 1 saturated heterocycles. The van der Waals surface area contributed by atoms with Gasteiger partial charge in [-0.05, 0) is 55.7 Å². The number of carbonyl (C=O) groups is 2. The number of ketones is 1. The van der Waals surface area contributed by atoms with Crippen molar-refractivity contribution >= 4 is 33.2 Å². The van der Waals surface area contributed by atoms with Gasteiger partial charge >= 0.3 is 0 Å². The van der Waals surface area contributed by atoms with E-state index < -0.39 is 0 Å². The highest BCUT2D eigenvalue weighted by Crippen LogP contribution is 2.36. The molecule has 0 N–H and O–H groups in total. The number of carbonyl (C=O) groups excluding carboxylic acids is 2. The lowest BCUT2D eigenvalue weighted by molar-refractivity contribution is -0.132. The highest BCUT2D eigenvalue weighted by atomic mass is 32.1. The molecular weight excluding hydrogens is 396 g/mol. The highest BCUT2D eigenvalue weighted by Gasteiger charge is 2.32. The molecule has 1 atom stereocenters. The molecule has 1 aliphatic rings. The Bertz CT molecular complexity index is 995. The molecule has 1 aliphatic heterocycles. The molecule has 0 saturated carbocycles. The van der Waals surface area contributed by atoms with E-state index >= 15 is 0 Å². The fourth-order valence-electron chi connectivity index (χ4n) is 3.82. The number of nitrogens with zero attached hydrogens (tertiary/aromatic N) is 2. The number of aromatic nitrogens is 1. The summed E-state index contributed by atoms with van der Waals surface area (Å²) in [6.07, 6.45) is 3.29. The number of likely N-dealkylation sites (tertiary alicyclic amines) is 1. The van der Waals surface area contributed by atoms with Crippen LogP contribution in [-0.2, 0) is 4.79 Å². The van der Waals surface area contributed by atoms with E-state index in [1.54, 1.807) is 23.5 Å². The van der Waals surface area contributed by atoms with Crippen LogP contribution in [0.1, 0.15) is 60.4 Å². The predicted octanol–water partition coefficient (Wildman–Crippen LogP) is 5.41. The van der Waals surface area contributed by atoms with Crippen LogP contribution in [0.4, 0.5) is 0 Å². The van der Waals surface area contributed by atoms with E-state index in [2.05, 4.69) is 13.0 Å². The van der Waals surface area contributed by atoms with E-state index in [9.17, 15) is 9.59 Å². The van der Waals surface area contributed by atoms with E-state index in [-0.39, 0.29) is 30.6 Å². The molecule has 1 amide bonds. The van der Waals surface area contributed by atoms with Gasteiger partial charge in [-0.25, -0.2) is 4.98 Å². The van der Waals surface area contributed by atoms with E-state index in [4.69, 9.17) is 9.72 Å². The van der Waals surface area contributed by atoms with Gasteiger partial charge in [-0.1, -0.05) is 19.1 Å². The SMILES string of the molecule is CCCOc1ccc(C(=O)CCC(=O)N2CCCC2c2nc3ccccc3s2)cc1. The topological polar surface area (TPSA) is 59.5 Å². The molecule has 0 aliphatic carbocycles. The normalized spacial score (nSPS) is 16.2. The van der Waals surface area contributed by atoms with Gasteiger partial charge in [0, 0.05) is 24.9 Å². The van der Waals surface area contributed by atoms with Gasteiger partial charge in [-0.3, -0.25) is 9.59 Å². The van der Waals surface area contributed by atoms with Crippen LogP contribution in [0.2, 0.25) is 0 Å².